The highest BCUT2D eigenvalue weighted by Crippen LogP contribution is 2.38. The Morgan fingerprint density at radius 1 is 1.04 bits per heavy atom. The first kappa shape index (κ1) is 15.3. The predicted octanol–water partition coefficient (Wildman–Crippen LogP) is 3.84. The molecule has 4 heteroatoms. The van der Waals surface area contributed by atoms with Crippen molar-refractivity contribution in [2.75, 3.05) is 10.6 Å². The molecule has 0 aliphatic heterocycles. The summed E-state index contributed by atoms with van der Waals surface area (Å²) in [5.41, 5.74) is 2.98. The van der Waals surface area contributed by atoms with Crippen molar-refractivity contribution < 1.29 is 9.59 Å². The molecule has 1 aliphatic carbocycles. The first-order valence-corrected chi connectivity index (χ1v) is 7.82. The fourth-order valence-corrected chi connectivity index (χ4v) is 2.57. The minimum absolute atomic E-state index is 0.0361. The topological polar surface area (TPSA) is 58.2 Å². The highest BCUT2D eigenvalue weighted by molar-refractivity contribution is 6.05. The third-order valence-corrected chi connectivity index (χ3v) is 4.23. The summed E-state index contributed by atoms with van der Waals surface area (Å²) in [6, 6.07) is 14.7. The first-order chi connectivity index (χ1) is 11.0. The van der Waals surface area contributed by atoms with Crippen molar-refractivity contribution >= 4 is 23.2 Å². The standard InChI is InChI=1S/C19H20N2O2/c1-12-6-3-4-9-17(12)21-18(22)14-7-5-8-15(11-14)20-19(23)16-10-13(16)2/h3-9,11,13,16H,10H2,1-2H3,(H,20,23)(H,21,22). The van der Waals surface area contributed by atoms with E-state index < -0.39 is 0 Å². The average Bonchev–Trinajstić information content (AvgIpc) is 3.27. The maximum Gasteiger partial charge on any atom is 0.255 e. The molecule has 2 unspecified atom stereocenters. The van der Waals surface area contributed by atoms with Crippen LogP contribution in [-0.4, -0.2) is 11.8 Å². The lowest BCUT2D eigenvalue weighted by atomic mass is 10.1. The Morgan fingerprint density at radius 3 is 2.48 bits per heavy atom. The van der Waals surface area contributed by atoms with Gasteiger partial charge in [-0.25, -0.2) is 0 Å². The van der Waals surface area contributed by atoms with Crippen LogP contribution in [0.2, 0.25) is 0 Å². The SMILES string of the molecule is Cc1ccccc1NC(=O)c1cccc(NC(=O)C2CC2C)c1. The minimum Gasteiger partial charge on any atom is -0.326 e. The van der Waals surface area contributed by atoms with Crippen LogP contribution < -0.4 is 10.6 Å². The zero-order valence-corrected chi connectivity index (χ0v) is 13.3. The Balaban J connectivity index is 1.70. The van der Waals surface area contributed by atoms with E-state index in [2.05, 4.69) is 17.6 Å². The smallest absolute Gasteiger partial charge is 0.255 e. The molecule has 1 fully saturated rings. The summed E-state index contributed by atoms with van der Waals surface area (Å²) in [6.45, 7) is 4.01. The van der Waals surface area contributed by atoms with E-state index in [-0.39, 0.29) is 17.7 Å². The number of carbonyl (C=O) groups is 2. The molecule has 0 bridgehead atoms. The van der Waals surface area contributed by atoms with E-state index in [0.29, 0.717) is 17.2 Å². The number of rotatable bonds is 4. The summed E-state index contributed by atoms with van der Waals surface area (Å²) in [6.07, 6.45) is 0.944. The molecule has 2 N–H and O–H groups in total. The van der Waals surface area contributed by atoms with Crippen LogP contribution in [0.15, 0.2) is 48.5 Å². The third-order valence-electron chi connectivity index (χ3n) is 4.23. The van der Waals surface area contributed by atoms with Crippen molar-refractivity contribution in [1.29, 1.82) is 0 Å². The van der Waals surface area contributed by atoms with Crippen LogP contribution in [0.25, 0.3) is 0 Å². The molecule has 2 amide bonds. The molecule has 3 rings (SSSR count). The lowest BCUT2D eigenvalue weighted by molar-refractivity contribution is -0.117. The molecule has 118 valence electrons. The number of hydrogen-bond donors (Lipinski definition) is 2. The van der Waals surface area contributed by atoms with Crippen LogP contribution in [0.1, 0.15) is 29.3 Å². The van der Waals surface area contributed by atoms with Gasteiger partial charge >= 0.3 is 0 Å². The van der Waals surface area contributed by atoms with Crippen molar-refractivity contribution in [2.24, 2.45) is 11.8 Å². The van der Waals surface area contributed by atoms with Gasteiger partial charge in [0.05, 0.1) is 0 Å². The van der Waals surface area contributed by atoms with Crippen LogP contribution in [0, 0.1) is 18.8 Å². The quantitative estimate of drug-likeness (QED) is 0.901. The molecule has 0 aromatic heterocycles. The van der Waals surface area contributed by atoms with E-state index >= 15 is 0 Å². The zero-order valence-electron chi connectivity index (χ0n) is 13.3. The van der Waals surface area contributed by atoms with Gasteiger partial charge in [-0.05, 0) is 49.1 Å². The molecule has 1 aliphatic rings. The second kappa shape index (κ2) is 6.24. The largest absolute Gasteiger partial charge is 0.326 e. The summed E-state index contributed by atoms with van der Waals surface area (Å²) >= 11 is 0. The Hall–Kier alpha value is -2.62. The highest BCUT2D eigenvalue weighted by Gasteiger charge is 2.39. The molecule has 4 nitrogen and oxygen atoms in total. The Labute approximate surface area is 135 Å². The molecule has 1 saturated carbocycles. The lowest BCUT2D eigenvalue weighted by Gasteiger charge is -2.10. The number of para-hydroxylation sites is 1. The second-order valence-electron chi connectivity index (χ2n) is 6.16. The van der Waals surface area contributed by atoms with Gasteiger partial charge in [0.15, 0.2) is 0 Å². The first-order valence-electron chi connectivity index (χ1n) is 7.82. The summed E-state index contributed by atoms with van der Waals surface area (Å²) in [7, 11) is 0. The molecule has 2 aromatic carbocycles. The maximum atomic E-state index is 12.4. The van der Waals surface area contributed by atoms with Gasteiger partial charge in [-0.15, -0.1) is 0 Å². The van der Waals surface area contributed by atoms with E-state index in [9.17, 15) is 9.59 Å². The van der Waals surface area contributed by atoms with Crippen molar-refractivity contribution in [1.82, 2.24) is 0 Å². The summed E-state index contributed by atoms with van der Waals surface area (Å²) < 4.78 is 0. The summed E-state index contributed by atoms with van der Waals surface area (Å²) in [4.78, 5) is 24.4. The monoisotopic (exact) mass is 308 g/mol. The van der Waals surface area contributed by atoms with Crippen LogP contribution >= 0.6 is 0 Å². The van der Waals surface area contributed by atoms with E-state index in [0.717, 1.165) is 17.7 Å². The number of benzene rings is 2. The Bertz CT molecular complexity index is 755. The zero-order chi connectivity index (χ0) is 16.4. The van der Waals surface area contributed by atoms with Crippen LogP contribution in [0.4, 0.5) is 11.4 Å². The lowest BCUT2D eigenvalue weighted by Crippen LogP contribution is -2.16. The van der Waals surface area contributed by atoms with Gasteiger partial charge in [0.2, 0.25) is 5.91 Å². The minimum atomic E-state index is -0.185. The predicted molar refractivity (Wildman–Crippen MR) is 91.5 cm³/mol. The third kappa shape index (κ3) is 3.59. The number of amides is 2. The fourth-order valence-electron chi connectivity index (χ4n) is 2.57. The van der Waals surface area contributed by atoms with Crippen LogP contribution in [0.3, 0.4) is 0 Å². The van der Waals surface area contributed by atoms with Gasteiger partial charge in [0, 0.05) is 22.9 Å². The second-order valence-corrected chi connectivity index (χ2v) is 6.16. The number of hydrogen-bond acceptors (Lipinski definition) is 2. The molecule has 0 saturated heterocycles. The highest BCUT2D eigenvalue weighted by atomic mass is 16.2. The molecule has 0 spiro atoms. The van der Waals surface area contributed by atoms with Gasteiger partial charge in [-0.1, -0.05) is 31.2 Å². The fraction of sp³-hybridized carbons (Fsp3) is 0.263. The maximum absolute atomic E-state index is 12.4. The van der Waals surface area contributed by atoms with Crippen molar-refractivity contribution in [3.05, 3.63) is 59.7 Å². The molecular weight excluding hydrogens is 288 g/mol. The molecule has 23 heavy (non-hydrogen) atoms. The van der Waals surface area contributed by atoms with Crippen LogP contribution in [0.5, 0.6) is 0 Å². The van der Waals surface area contributed by atoms with Gasteiger partial charge in [0.25, 0.3) is 5.91 Å². The normalized spacial score (nSPS) is 19.0. The molecular formula is C19H20N2O2. The number of aryl methyl sites for hydroxylation is 1. The summed E-state index contributed by atoms with van der Waals surface area (Å²) in [5, 5.41) is 5.78. The number of nitrogens with one attached hydrogen (secondary N) is 2. The van der Waals surface area contributed by atoms with Crippen molar-refractivity contribution in [2.45, 2.75) is 20.3 Å². The van der Waals surface area contributed by atoms with Crippen molar-refractivity contribution in [3.63, 3.8) is 0 Å². The van der Waals surface area contributed by atoms with E-state index in [1.807, 2.05) is 31.2 Å². The van der Waals surface area contributed by atoms with Gasteiger partial charge < -0.3 is 10.6 Å². The molecule has 2 aromatic rings. The van der Waals surface area contributed by atoms with Gasteiger partial charge in [-0.2, -0.15) is 0 Å². The Kier molecular flexibility index (Phi) is 4.15. The van der Waals surface area contributed by atoms with E-state index in [4.69, 9.17) is 0 Å². The average molecular weight is 308 g/mol. The van der Waals surface area contributed by atoms with E-state index in [1.54, 1.807) is 24.3 Å². The Morgan fingerprint density at radius 2 is 1.78 bits per heavy atom. The molecule has 0 heterocycles. The summed E-state index contributed by atoms with van der Waals surface area (Å²) in [5.74, 6) is 0.422. The van der Waals surface area contributed by atoms with Gasteiger partial charge in [-0.3, -0.25) is 9.59 Å². The van der Waals surface area contributed by atoms with Crippen LogP contribution in [-0.2, 0) is 4.79 Å². The number of carbonyl (C=O) groups excluding carboxylic acids is 2. The molecule has 2 atom stereocenters. The van der Waals surface area contributed by atoms with Crippen molar-refractivity contribution in [3.8, 4) is 0 Å². The van der Waals surface area contributed by atoms with Gasteiger partial charge in [0.1, 0.15) is 0 Å². The molecule has 0 radical (unpaired) electrons. The van der Waals surface area contributed by atoms with E-state index in [1.165, 1.54) is 0 Å². The number of anilines is 2.